The predicted octanol–water partition coefficient (Wildman–Crippen LogP) is 5.53. The number of hydrogen-bond donors (Lipinski definition) is 0. The van der Waals surface area contributed by atoms with Crippen molar-refractivity contribution < 1.29 is 23.5 Å². The molecule has 1 aromatic heterocycles. The third-order valence-electron chi connectivity index (χ3n) is 5.85. The van der Waals surface area contributed by atoms with Gasteiger partial charge < -0.3 is 14.2 Å². The van der Waals surface area contributed by atoms with Crippen molar-refractivity contribution in [3.63, 3.8) is 0 Å². The average Bonchev–Trinajstić information content (AvgIpc) is 3.32. The number of carbonyl (C=O) groups excluding carboxylic acids is 3. The molecule has 7 nitrogen and oxygen atoms in total. The zero-order chi connectivity index (χ0) is 25.8. The highest BCUT2D eigenvalue weighted by Gasteiger charge is 2.35. The summed E-state index contributed by atoms with van der Waals surface area (Å²) in [7, 11) is 0. The largest absolute Gasteiger partial charge is 0.492 e. The second-order valence-electron chi connectivity index (χ2n) is 8.08. The summed E-state index contributed by atoms with van der Waals surface area (Å²) in [6, 6.07) is 11.3. The molecule has 0 spiro atoms. The molecule has 1 aliphatic rings. The molecule has 0 atom stereocenters. The molecule has 0 bridgehead atoms. The van der Waals surface area contributed by atoms with Crippen molar-refractivity contribution >= 4 is 61.7 Å². The molecule has 0 N–H and O–H groups in total. The lowest BCUT2D eigenvalue weighted by Crippen LogP contribution is -2.33. The molecule has 188 valence electrons. The molecule has 2 aromatic carbocycles. The summed E-state index contributed by atoms with van der Waals surface area (Å²) in [5, 5.41) is 0.485. The zero-order valence-corrected chi connectivity index (χ0v) is 22.3. The number of ether oxygens (including phenoxy) is 1. The molecule has 3 aromatic rings. The summed E-state index contributed by atoms with van der Waals surface area (Å²) in [5.74, 6) is -0.309. The van der Waals surface area contributed by atoms with Crippen LogP contribution in [0.1, 0.15) is 19.4 Å². The number of rotatable bonds is 9. The van der Waals surface area contributed by atoms with Crippen LogP contribution in [0.15, 0.2) is 58.0 Å². The Bertz CT molecular complexity index is 1330. The van der Waals surface area contributed by atoms with Crippen molar-refractivity contribution in [3.05, 3.63) is 69.4 Å². The van der Waals surface area contributed by atoms with Gasteiger partial charge >= 0.3 is 0 Å². The average molecular weight is 574 g/mol. The summed E-state index contributed by atoms with van der Waals surface area (Å²) in [6.07, 6.45) is 3.53. The van der Waals surface area contributed by atoms with Crippen LogP contribution in [0.3, 0.4) is 0 Å². The molecule has 0 unspecified atom stereocenters. The number of carbonyl (C=O) groups is 3. The molecular formula is C26H25BrFN3O4S. The second-order valence-corrected chi connectivity index (χ2v) is 9.98. The summed E-state index contributed by atoms with van der Waals surface area (Å²) in [5.41, 5.74) is 1.60. The van der Waals surface area contributed by atoms with Gasteiger partial charge in [-0.2, -0.15) is 0 Å². The van der Waals surface area contributed by atoms with Gasteiger partial charge in [-0.25, -0.2) is 4.39 Å². The number of aromatic nitrogens is 1. The van der Waals surface area contributed by atoms with Crippen LogP contribution in [0.2, 0.25) is 0 Å². The fourth-order valence-corrected chi connectivity index (χ4v) is 5.20. The van der Waals surface area contributed by atoms with Crippen LogP contribution in [0.25, 0.3) is 17.0 Å². The number of benzene rings is 2. The predicted molar refractivity (Wildman–Crippen MR) is 142 cm³/mol. The zero-order valence-electron chi connectivity index (χ0n) is 19.9. The van der Waals surface area contributed by atoms with E-state index in [1.165, 1.54) is 24.3 Å². The van der Waals surface area contributed by atoms with Gasteiger partial charge in [0.05, 0.1) is 11.4 Å². The lowest BCUT2D eigenvalue weighted by atomic mass is 10.1. The minimum Gasteiger partial charge on any atom is -0.492 e. The Morgan fingerprint density at radius 1 is 1.14 bits per heavy atom. The van der Waals surface area contributed by atoms with Crippen LogP contribution >= 0.6 is 27.7 Å². The highest BCUT2D eigenvalue weighted by atomic mass is 79.9. The first-order chi connectivity index (χ1) is 17.3. The van der Waals surface area contributed by atoms with E-state index in [2.05, 4.69) is 15.9 Å². The van der Waals surface area contributed by atoms with E-state index < -0.39 is 5.91 Å². The summed E-state index contributed by atoms with van der Waals surface area (Å²) in [6.45, 7) is 5.49. The number of likely N-dealkylation sites (N-methyl/N-ethyl adjacent to an activating group) is 1. The van der Waals surface area contributed by atoms with Gasteiger partial charge in [0.15, 0.2) is 0 Å². The minimum absolute atomic E-state index is 0.00727. The van der Waals surface area contributed by atoms with E-state index in [9.17, 15) is 18.8 Å². The van der Waals surface area contributed by atoms with Gasteiger partial charge in [-0.1, -0.05) is 15.9 Å². The first-order valence-electron chi connectivity index (χ1n) is 11.5. The lowest BCUT2D eigenvalue weighted by molar-refractivity contribution is -0.131. The van der Waals surface area contributed by atoms with Crippen molar-refractivity contribution in [3.8, 4) is 5.75 Å². The SMILES string of the molecule is CCN(CC)C(=O)Cn1cc(/C=C2\SC(=O)N(CCOc3ccc(F)cc3)C2=O)c2cc(Br)ccc21. The Morgan fingerprint density at radius 2 is 1.86 bits per heavy atom. The number of fused-ring (bicyclic) bond motifs is 1. The van der Waals surface area contributed by atoms with Crippen molar-refractivity contribution in [2.24, 2.45) is 0 Å². The van der Waals surface area contributed by atoms with Gasteiger partial charge in [0.25, 0.3) is 11.1 Å². The Morgan fingerprint density at radius 3 is 2.56 bits per heavy atom. The molecule has 0 radical (unpaired) electrons. The number of halogens is 2. The molecule has 1 saturated heterocycles. The quantitative estimate of drug-likeness (QED) is 0.315. The van der Waals surface area contributed by atoms with E-state index in [1.54, 1.807) is 11.0 Å². The Labute approximate surface area is 221 Å². The molecule has 0 saturated carbocycles. The van der Waals surface area contributed by atoms with E-state index >= 15 is 0 Å². The van der Waals surface area contributed by atoms with Crippen molar-refractivity contribution in [1.82, 2.24) is 14.4 Å². The first kappa shape index (κ1) is 26.0. The van der Waals surface area contributed by atoms with Gasteiger partial charge in [0.1, 0.15) is 24.7 Å². The summed E-state index contributed by atoms with van der Waals surface area (Å²) < 4.78 is 21.3. The Kier molecular flexibility index (Phi) is 8.15. The Hall–Kier alpha value is -3.11. The van der Waals surface area contributed by atoms with Gasteiger partial charge in [-0.3, -0.25) is 19.3 Å². The summed E-state index contributed by atoms with van der Waals surface area (Å²) in [4.78, 5) is 41.5. The van der Waals surface area contributed by atoms with E-state index in [4.69, 9.17) is 4.74 Å². The van der Waals surface area contributed by atoms with E-state index in [0.717, 1.165) is 37.6 Å². The molecule has 4 rings (SSSR count). The first-order valence-corrected chi connectivity index (χ1v) is 13.1. The monoisotopic (exact) mass is 573 g/mol. The maximum Gasteiger partial charge on any atom is 0.293 e. The molecule has 1 aliphatic heterocycles. The molecule has 1 fully saturated rings. The highest BCUT2D eigenvalue weighted by molar-refractivity contribution is 9.10. The Balaban J connectivity index is 1.54. The maximum absolute atomic E-state index is 13.0. The normalized spacial score (nSPS) is 14.8. The minimum atomic E-state index is -0.400. The number of hydrogen-bond acceptors (Lipinski definition) is 5. The van der Waals surface area contributed by atoms with Crippen molar-refractivity contribution in [2.45, 2.75) is 20.4 Å². The second kappa shape index (κ2) is 11.3. The van der Waals surface area contributed by atoms with Crippen LogP contribution < -0.4 is 4.74 Å². The van der Waals surface area contributed by atoms with Crippen molar-refractivity contribution in [1.29, 1.82) is 0 Å². The smallest absolute Gasteiger partial charge is 0.293 e. The summed E-state index contributed by atoms with van der Waals surface area (Å²) >= 11 is 4.36. The van der Waals surface area contributed by atoms with Gasteiger partial charge in [0.2, 0.25) is 5.91 Å². The number of thioether (sulfide) groups is 1. The highest BCUT2D eigenvalue weighted by Crippen LogP contribution is 2.34. The van der Waals surface area contributed by atoms with E-state index in [0.29, 0.717) is 23.7 Å². The molecule has 3 amide bonds. The molecule has 36 heavy (non-hydrogen) atoms. The fraction of sp³-hybridized carbons (Fsp3) is 0.269. The third kappa shape index (κ3) is 5.65. The lowest BCUT2D eigenvalue weighted by Gasteiger charge is -2.19. The number of amides is 3. The topological polar surface area (TPSA) is 71.8 Å². The number of imide groups is 1. The van der Waals surface area contributed by atoms with Crippen LogP contribution in [-0.2, 0) is 16.1 Å². The van der Waals surface area contributed by atoms with Gasteiger partial charge in [0, 0.05) is 40.2 Å². The van der Waals surface area contributed by atoms with E-state index in [-0.39, 0.29) is 36.7 Å². The van der Waals surface area contributed by atoms with Gasteiger partial charge in [-0.15, -0.1) is 0 Å². The van der Waals surface area contributed by atoms with Crippen molar-refractivity contribution in [2.75, 3.05) is 26.2 Å². The van der Waals surface area contributed by atoms with E-state index in [1.807, 2.05) is 42.8 Å². The standard InChI is InChI=1S/C26H25BrFN3O4S/c1-3-29(4-2)24(32)16-30-15-17(21-14-18(27)5-10-22(21)30)13-23-25(33)31(26(34)36-23)11-12-35-20-8-6-19(28)7-9-20/h5-10,13-15H,3-4,11-12,16H2,1-2H3/b23-13-. The van der Waals surface area contributed by atoms with Crippen LogP contribution in [-0.4, -0.2) is 57.7 Å². The number of nitrogens with zero attached hydrogens (tertiary/aromatic N) is 3. The molecule has 10 heteroatoms. The van der Waals surface area contributed by atoms with Gasteiger partial charge in [-0.05, 0) is 74.1 Å². The van der Waals surface area contributed by atoms with Crippen LogP contribution in [0.5, 0.6) is 5.75 Å². The molecular weight excluding hydrogens is 549 g/mol. The van der Waals surface area contributed by atoms with Crippen LogP contribution in [0, 0.1) is 5.82 Å². The molecule has 0 aliphatic carbocycles. The molecule has 2 heterocycles. The fourth-order valence-electron chi connectivity index (χ4n) is 3.98. The third-order valence-corrected chi connectivity index (χ3v) is 7.25. The van der Waals surface area contributed by atoms with Crippen LogP contribution in [0.4, 0.5) is 9.18 Å². The maximum atomic E-state index is 13.0.